The van der Waals surface area contributed by atoms with E-state index in [2.05, 4.69) is 12.7 Å². The molecule has 0 aromatic carbocycles. The van der Waals surface area contributed by atoms with Crippen LogP contribution in [0.4, 0.5) is 0 Å². The second-order valence-electron chi connectivity index (χ2n) is 7.49. The van der Waals surface area contributed by atoms with Gasteiger partial charge in [-0.25, -0.2) is 9.59 Å². The Morgan fingerprint density at radius 1 is 1.42 bits per heavy atom. The van der Waals surface area contributed by atoms with E-state index in [1.54, 1.807) is 6.92 Å². The Kier molecular flexibility index (Phi) is 5.34. The van der Waals surface area contributed by atoms with Crippen LogP contribution in [0, 0.1) is 23.7 Å². The molecule has 0 spiro atoms. The monoisotopic (exact) mass is 362 g/mol. The predicted octanol–water partition coefficient (Wildman–Crippen LogP) is 1.53. The molecule has 1 saturated heterocycles. The van der Waals surface area contributed by atoms with Crippen molar-refractivity contribution in [2.75, 3.05) is 13.2 Å². The molecule has 6 heteroatoms. The van der Waals surface area contributed by atoms with Gasteiger partial charge in [-0.05, 0) is 44.6 Å². The average molecular weight is 362 g/mol. The molecule has 26 heavy (non-hydrogen) atoms. The molecule has 3 aliphatic rings. The highest BCUT2D eigenvalue weighted by Gasteiger charge is 2.55. The van der Waals surface area contributed by atoms with Crippen molar-refractivity contribution in [2.45, 2.75) is 38.9 Å². The SMILES string of the molecule is C=C1C(=O)O[C@@H]2[C@H]3C(C)=CC[C@H]3[C@@H](CO)C[C@@H](OC(=O)/C(C)=C/CO)[C@@H]12. The van der Waals surface area contributed by atoms with E-state index in [1.807, 2.05) is 6.92 Å². The summed E-state index contributed by atoms with van der Waals surface area (Å²) in [5.41, 5.74) is 1.78. The fraction of sp³-hybridized carbons (Fsp3) is 0.600. The number of ether oxygens (including phenoxy) is 2. The maximum atomic E-state index is 12.4. The first kappa shape index (κ1) is 18.9. The van der Waals surface area contributed by atoms with Crippen LogP contribution < -0.4 is 0 Å². The van der Waals surface area contributed by atoms with E-state index in [-0.39, 0.29) is 31.0 Å². The molecule has 1 saturated carbocycles. The highest BCUT2D eigenvalue weighted by Crippen LogP contribution is 2.51. The topological polar surface area (TPSA) is 93.1 Å². The van der Waals surface area contributed by atoms with Crippen molar-refractivity contribution in [3.05, 3.63) is 35.5 Å². The first-order valence-electron chi connectivity index (χ1n) is 9.04. The molecular weight excluding hydrogens is 336 g/mol. The molecule has 2 N–H and O–H groups in total. The highest BCUT2D eigenvalue weighted by molar-refractivity contribution is 5.91. The Bertz CT molecular complexity index is 676. The third kappa shape index (κ3) is 3.12. The Morgan fingerprint density at radius 3 is 2.81 bits per heavy atom. The number of aliphatic hydroxyl groups excluding tert-OH is 2. The summed E-state index contributed by atoms with van der Waals surface area (Å²) < 4.78 is 11.4. The first-order valence-corrected chi connectivity index (χ1v) is 9.04. The maximum Gasteiger partial charge on any atom is 0.334 e. The van der Waals surface area contributed by atoms with Crippen molar-refractivity contribution in [3.8, 4) is 0 Å². The highest BCUT2D eigenvalue weighted by atomic mass is 16.6. The van der Waals surface area contributed by atoms with Crippen molar-refractivity contribution in [1.82, 2.24) is 0 Å². The summed E-state index contributed by atoms with van der Waals surface area (Å²) in [5.74, 6) is -1.28. The summed E-state index contributed by atoms with van der Waals surface area (Å²) in [6.07, 6.45) is 3.78. The second-order valence-corrected chi connectivity index (χ2v) is 7.49. The average Bonchev–Trinajstić information content (AvgIpc) is 3.07. The summed E-state index contributed by atoms with van der Waals surface area (Å²) in [5, 5.41) is 18.9. The Hall–Kier alpha value is -1.92. The number of aliphatic hydroxyl groups is 2. The van der Waals surface area contributed by atoms with Crippen LogP contribution in [0.2, 0.25) is 0 Å². The van der Waals surface area contributed by atoms with Gasteiger partial charge in [0.2, 0.25) is 0 Å². The van der Waals surface area contributed by atoms with Crippen LogP contribution in [0.25, 0.3) is 0 Å². The summed E-state index contributed by atoms with van der Waals surface area (Å²) in [6, 6.07) is 0. The van der Waals surface area contributed by atoms with Gasteiger partial charge in [0.1, 0.15) is 12.2 Å². The maximum absolute atomic E-state index is 12.4. The molecule has 6 nitrogen and oxygen atoms in total. The standard InChI is InChI=1S/C20H26O6/c1-10-4-5-14-13(9-22)8-15(25-19(23)11(2)6-7-21)17-12(3)20(24)26-18(17)16(10)14/h4,6,13-18,21-22H,3,5,7-9H2,1-2H3/b11-6+/t13-,14+,15-,16+,17-,18-/m1/s1. The molecule has 2 aliphatic carbocycles. The van der Waals surface area contributed by atoms with E-state index in [0.29, 0.717) is 17.6 Å². The summed E-state index contributed by atoms with van der Waals surface area (Å²) in [6.45, 7) is 7.22. The molecule has 0 amide bonds. The number of hydrogen-bond donors (Lipinski definition) is 2. The zero-order chi connectivity index (χ0) is 19.0. The van der Waals surface area contributed by atoms with Gasteiger partial charge >= 0.3 is 11.9 Å². The van der Waals surface area contributed by atoms with Gasteiger partial charge in [-0.3, -0.25) is 0 Å². The first-order chi connectivity index (χ1) is 12.4. The van der Waals surface area contributed by atoms with Crippen LogP contribution in [0.3, 0.4) is 0 Å². The normalized spacial score (nSPS) is 36.8. The van der Waals surface area contributed by atoms with Crippen LogP contribution in [-0.2, 0) is 19.1 Å². The lowest BCUT2D eigenvalue weighted by molar-refractivity contribution is -0.148. The van der Waals surface area contributed by atoms with E-state index in [1.165, 1.54) is 6.08 Å². The Balaban J connectivity index is 1.94. The van der Waals surface area contributed by atoms with Gasteiger partial charge in [-0.2, -0.15) is 0 Å². The number of carbonyl (C=O) groups is 2. The number of fused-ring (bicyclic) bond motifs is 3. The van der Waals surface area contributed by atoms with E-state index < -0.39 is 30.1 Å². The van der Waals surface area contributed by atoms with Gasteiger partial charge in [0, 0.05) is 23.7 Å². The second kappa shape index (κ2) is 7.37. The lowest BCUT2D eigenvalue weighted by Gasteiger charge is -2.29. The fourth-order valence-corrected chi connectivity index (χ4v) is 4.67. The van der Waals surface area contributed by atoms with Gasteiger partial charge in [0.05, 0.1) is 12.5 Å². The van der Waals surface area contributed by atoms with Crippen molar-refractivity contribution in [3.63, 3.8) is 0 Å². The summed E-state index contributed by atoms with van der Waals surface area (Å²) in [7, 11) is 0. The third-order valence-corrected chi connectivity index (χ3v) is 6.07. The number of rotatable bonds is 4. The number of allylic oxidation sites excluding steroid dienone is 1. The lowest BCUT2D eigenvalue weighted by Crippen LogP contribution is -2.36. The molecule has 1 heterocycles. The van der Waals surface area contributed by atoms with E-state index in [9.17, 15) is 14.7 Å². The van der Waals surface area contributed by atoms with Crippen molar-refractivity contribution in [1.29, 1.82) is 0 Å². The van der Waals surface area contributed by atoms with Crippen LogP contribution in [0.15, 0.2) is 35.5 Å². The van der Waals surface area contributed by atoms with Crippen LogP contribution >= 0.6 is 0 Å². The Labute approximate surface area is 153 Å². The van der Waals surface area contributed by atoms with Gasteiger partial charge in [0.25, 0.3) is 0 Å². The zero-order valence-electron chi connectivity index (χ0n) is 15.2. The molecular formula is C20H26O6. The molecule has 0 unspecified atom stereocenters. The predicted molar refractivity (Wildman–Crippen MR) is 93.8 cm³/mol. The van der Waals surface area contributed by atoms with E-state index in [0.717, 1.165) is 12.0 Å². The Morgan fingerprint density at radius 2 is 2.15 bits per heavy atom. The van der Waals surface area contributed by atoms with Crippen LogP contribution in [0.1, 0.15) is 26.7 Å². The van der Waals surface area contributed by atoms with E-state index in [4.69, 9.17) is 14.6 Å². The van der Waals surface area contributed by atoms with E-state index >= 15 is 0 Å². The molecule has 142 valence electrons. The molecule has 0 aromatic heterocycles. The van der Waals surface area contributed by atoms with Crippen molar-refractivity contribution < 1.29 is 29.3 Å². The fourth-order valence-electron chi connectivity index (χ4n) is 4.67. The van der Waals surface area contributed by atoms with Gasteiger partial charge in [0.15, 0.2) is 0 Å². The zero-order valence-corrected chi connectivity index (χ0v) is 15.2. The van der Waals surface area contributed by atoms with Crippen molar-refractivity contribution in [2.24, 2.45) is 23.7 Å². The third-order valence-electron chi connectivity index (χ3n) is 6.07. The van der Waals surface area contributed by atoms with Crippen molar-refractivity contribution >= 4 is 11.9 Å². The number of hydrogen-bond acceptors (Lipinski definition) is 6. The summed E-state index contributed by atoms with van der Waals surface area (Å²) >= 11 is 0. The molecule has 1 aliphatic heterocycles. The van der Waals surface area contributed by atoms with Gasteiger partial charge < -0.3 is 19.7 Å². The molecule has 0 radical (unpaired) electrons. The smallest absolute Gasteiger partial charge is 0.334 e. The molecule has 2 fully saturated rings. The minimum absolute atomic E-state index is 0.0122. The molecule has 6 atom stereocenters. The molecule has 0 bridgehead atoms. The molecule has 0 aromatic rings. The largest absolute Gasteiger partial charge is 0.458 e. The molecule has 3 rings (SSSR count). The van der Waals surface area contributed by atoms with Crippen LogP contribution in [0.5, 0.6) is 0 Å². The van der Waals surface area contributed by atoms with Gasteiger partial charge in [-0.1, -0.05) is 18.2 Å². The van der Waals surface area contributed by atoms with Crippen LogP contribution in [-0.4, -0.2) is 47.6 Å². The number of carbonyl (C=O) groups excluding carboxylic acids is 2. The summed E-state index contributed by atoms with van der Waals surface area (Å²) in [4.78, 5) is 24.6. The van der Waals surface area contributed by atoms with Gasteiger partial charge in [-0.15, -0.1) is 0 Å². The minimum Gasteiger partial charge on any atom is -0.458 e. The quantitative estimate of drug-likeness (QED) is 0.448. The lowest BCUT2D eigenvalue weighted by atomic mass is 9.78. The number of esters is 2. The minimum atomic E-state index is -0.593.